The molecule has 2 fully saturated rings. The quantitative estimate of drug-likeness (QED) is 0.257. The summed E-state index contributed by atoms with van der Waals surface area (Å²) in [5.41, 5.74) is 3.44. The monoisotopic (exact) mass is 607 g/mol. The van der Waals surface area contributed by atoms with Gasteiger partial charge in [0.05, 0.1) is 7.11 Å². The van der Waals surface area contributed by atoms with Crippen molar-refractivity contribution >= 4 is 34.5 Å². The number of hydrogen-bond acceptors (Lipinski definition) is 5. The maximum atomic E-state index is 14.1. The molecule has 0 saturated carbocycles. The van der Waals surface area contributed by atoms with Crippen LogP contribution in [-0.4, -0.2) is 71.3 Å². The van der Waals surface area contributed by atoms with Gasteiger partial charge < -0.3 is 30.6 Å². The molecule has 45 heavy (non-hydrogen) atoms. The molecule has 10 heteroatoms. The van der Waals surface area contributed by atoms with Gasteiger partial charge in [-0.05, 0) is 47.7 Å². The fourth-order valence-corrected chi connectivity index (χ4v) is 6.30. The Balaban J connectivity index is 1.35. The lowest BCUT2D eigenvalue weighted by Crippen LogP contribution is -2.62. The van der Waals surface area contributed by atoms with Crippen molar-refractivity contribution in [2.45, 2.75) is 56.3 Å². The van der Waals surface area contributed by atoms with E-state index in [1.807, 2.05) is 72.9 Å². The second kappa shape index (κ2) is 13.3. The Bertz CT molecular complexity index is 1690. The SMILES string of the molecule is COc1ccc(C[C@@H]2NC(=O)[C@H]3CCCN3C(=O)[C@H](Cc3ccccc3)NC(=O)[C@@H](Cc3c[nH]c4ccccc34)NC2=O)cc1. The summed E-state index contributed by atoms with van der Waals surface area (Å²) in [4.78, 5) is 60.6. The van der Waals surface area contributed by atoms with Crippen LogP contribution in [0, 0.1) is 0 Å². The van der Waals surface area contributed by atoms with E-state index in [0.29, 0.717) is 25.1 Å². The molecular weight excluding hydrogens is 570 g/mol. The number of H-pyrrole nitrogens is 1. The number of nitrogens with zero attached hydrogens (tertiary/aromatic N) is 1. The fraction of sp³-hybridized carbons (Fsp3) is 0.314. The summed E-state index contributed by atoms with van der Waals surface area (Å²) in [6.07, 6.45) is 3.59. The van der Waals surface area contributed by atoms with Crippen molar-refractivity contribution in [1.82, 2.24) is 25.8 Å². The number of ether oxygens (including phenoxy) is 1. The van der Waals surface area contributed by atoms with Gasteiger partial charge in [0, 0.05) is 42.9 Å². The highest BCUT2D eigenvalue weighted by molar-refractivity contribution is 5.98. The second-order valence-corrected chi connectivity index (χ2v) is 11.7. The molecule has 4 N–H and O–H groups in total. The first-order valence-corrected chi connectivity index (χ1v) is 15.3. The summed E-state index contributed by atoms with van der Waals surface area (Å²) in [5, 5.41) is 9.76. The Kier molecular flexibility index (Phi) is 8.81. The van der Waals surface area contributed by atoms with Crippen molar-refractivity contribution in [3.8, 4) is 5.75 Å². The van der Waals surface area contributed by atoms with Gasteiger partial charge in [0.2, 0.25) is 23.6 Å². The third-order valence-electron chi connectivity index (χ3n) is 8.70. The Morgan fingerprint density at radius 1 is 0.711 bits per heavy atom. The van der Waals surface area contributed by atoms with Crippen molar-refractivity contribution in [2.75, 3.05) is 13.7 Å². The zero-order valence-electron chi connectivity index (χ0n) is 25.1. The van der Waals surface area contributed by atoms with Crippen LogP contribution in [0.4, 0.5) is 0 Å². The van der Waals surface area contributed by atoms with Crippen molar-refractivity contribution in [3.63, 3.8) is 0 Å². The summed E-state index contributed by atoms with van der Waals surface area (Å²) >= 11 is 0. The highest BCUT2D eigenvalue weighted by Crippen LogP contribution is 2.23. The van der Waals surface area contributed by atoms with Crippen molar-refractivity contribution in [1.29, 1.82) is 0 Å². The van der Waals surface area contributed by atoms with Crippen molar-refractivity contribution < 1.29 is 23.9 Å². The van der Waals surface area contributed by atoms with E-state index < -0.39 is 36.0 Å². The molecule has 3 aromatic carbocycles. The Hall–Kier alpha value is -5.12. The molecule has 2 aliphatic rings. The van der Waals surface area contributed by atoms with Gasteiger partial charge in [-0.15, -0.1) is 0 Å². The van der Waals surface area contributed by atoms with E-state index in [4.69, 9.17) is 4.74 Å². The number of nitrogens with one attached hydrogen (secondary N) is 4. The van der Waals surface area contributed by atoms with Gasteiger partial charge >= 0.3 is 0 Å². The summed E-state index contributed by atoms with van der Waals surface area (Å²) in [6, 6.07) is 20.8. The maximum Gasteiger partial charge on any atom is 0.246 e. The summed E-state index contributed by atoms with van der Waals surface area (Å²) < 4.78 is 5.27. The molecule has 2 saturated heterocycles. The molecule has 6 rings (SSSR count). The van der Waals surface area contributed by atoms with Gasteiger partial charge in [0.1, 0.15) is 29.9 Å². The molecule has 4 aromatic rings. The van der Waals surface area contributed by atoms with Crippen LogP contribution in [0.2, 0.25) is 0 Å². The first kappa shape index (κ1) is 29.9. The van der Waals surface area contributed by atoms with Crippen LogP contribution in [0.1, 0.15) is 29.5 Å². The fourth-order valence-electron chi connectivity index (χ4n) is 6.30. The Morgan fingerprint density at radius 3 is 2.09 bits per heavy atom. The number of carbonyl (C=O) groups is 4. The van der Waals surface area contributed by atoms with Crippen LogP contribution in [0.3, 0.4) is 0 Å². The minimum Gasteiger partial charge on any atom is -0.497 e. The molecule has 1 aromatic heterocycles. The largest absolute Gasteiger partial charge is 0.497 e. The number of amides is 4. The van der Waals surface area contributed by atoms with E-state index in [1.54, 1.807) is 24.1 Å². The summed E-state index contributed by atoms with van der Waals surface area (Å²) in [6.45, 7) is 0.395. The summed E-state index contributed by atoms with van der Waals surface area (Å²) in [7, 11) is 1.58. The Labute approximate surface area is 261 Å². The predicted octanol–water partition coefficient (Wildman–Crippen LogP) is 2.66. The average Bonchev–Trinajstić information content (AvgIpc) is 3.72. The van der Waals surface area contributed by atoms with Crippen LogP contribution in [-0.2, 0) is 38.4 Å². The van der Waals surface area contributed by atoms with E-state index in [9.17, 15) is 19.2 Å². The number of carbonyl (C=O) groups excluding carboxylic acids is 4. The lowest BCUT2D eigenvalue weighted by molar-refractivity contribution is -0.143. The zero-order chi connectivity index (χ0) is 31.3. The van der Waals surface area contributed by atoms with E-state index in [2.05, 4.69) is 20.9 Å². The van der Waals surface area contributed by atoms with Gasteiger partial charge in [-0.25, -0.2) is 0 Å². The lowest BCUT2D eigenvalue weighted by atomic mass is 9.99. The van der Waals surface area contributed by atoms with Gasteiger partial charge in [0.15, 0.2) is 0 Å². The number of fused-ring (bicyclic) bond motifs is 2. The molecule has 0 spiro atoms. The van der Waals surface area contributed by atoms with Gasteiger partial charge in [-0.2, -0.15) is 0 Å². The smallest absolute Gasteiger partial charge is 0.246 e. The number of para-hydroxylation sites is 1. The number of hydrogen-bond donors (Lipinski definition) is 4. The van der Waals surface area contributed by atoms with E-state index in [-0.39, 0.29) is 31.1 Å². The number of rotatable bonds is 7. The molecule has 3 heterocycles. The van der Waals surface area contributed by atoms with Crippen LogP contribution < -0.4 is 20.7 Å². The molecule has 2 aliphatic heterocycles. The number of aromatic nitrogens is 1. The van der Waals surface area contributed by atoms with E-state index >= 15 is 0 Å². The topological polar surface area (TPSA) is 133 Å². The third-order valence-corrected chi connectivity index (χ3v) is 8.70. The van der Waals surface area contributed by atoms with Crippen LogP contribution in [0.25, 0.3) is 10.9 Å². The third kappa shape index (κ3) is 6.69. The van der Waals surface area contributed by atoms with Gasteiger partial charge in [0.25, 0.3) is 0 Å². The summed E-state index contributed by atoms with van der Waals surface area (Å²) in [5.74, 6) is -0.960. The number of benzene rings is 3. The maximum absolute atomic E-state index is 14.1. The zero-order valence-corrected chi connectivity index (χ0v) is 25.1. The number of aromatic amines is 1. The minimum atomic E-state index is -1.01. The predicted molar refractivity (Wildman–Crippen MR) is 169 cm³/mol. The Morgan fingerprint density at radius 2 is 1.33 bits per heavy atom. The molecule has 10 nitrogen and oxygen atoms in total. The minimum absolute atomic E-state index is 0.184. The lowest BCUT2D eigenvalue weighted by Gasteiger charge is -2.32. The van der Waals surface area contributed by atoms with Crippen molar-refractivity contribution in [2.24, 2.45) is 0 Å². The molecule has 0 bridgehead atoms. The molecule has 0 radical (unpaired) electrons. The molecule has 232 valence electrons. The molecule has 4 atom stereocenters. The first-order chi connectivity index (χ1) is 21.9. The van der Waals surface area contributed by atoms with Crippen LogP contribution >= 0.6 is 0 Å². The molecule has 0 aliphatic carbocycles. The standard InChI is InChI=1S/C35H37N5O5/c1-45-25-15-13-23(14-16-25)18-28-32(41)37-29(20-24-21-36-27-11-6-5-10-26(24)27)33(42)39-30(19-22-8-3-2-4-9-22)35(44)40-17-7-12-31(40)34(43)38-28/h2-6,8-11,13-16,21,28-31,36H,7,12,17-20H2,1H3,(H,37,41)(H,38,43)(H,39,42)/t28-,29+,30-,31+/m0/s1. The average molecular weight is 608 g/mol. The van der Waals surface area contributed by atoms with E-state index in [1.165, 1.54) is 0 Å². The van der Waals surface area contributed by atoms with E-state index in [0.717, 1.165) is 27.6 Å². The number of methoxy groups -OCH3 is 1. The second-order valence-electron chi connectivity index (χ2n) is 11.7. The molecule has 0 unspecified atom stereocenters. The first-order valence-electron chi connectivity index (χ1n) is 15.3. The van der Waals surface area contributed by atoms with Gasteiger partial charge in [-0.1, -0.05) is 60.7 Å². The highest BCUT2D eigenvalue weighted by Gasteiger charge is 2.40. The van der Waals surface area contributed by atoms with Crippen LogP contribution in [0.15, 0.2) is 85.1 Å². The normalized spacial score (nSPS) is 22.6. The van der Waals surface area contributed by atoms with Gasteiger partial charge in [-0.3, -0.25) is 19.2 Å². The molecule has 4 amide bonds. The van der Waals surface area contributed by atoms with Crippen molar-refractivity contribution in [3.05, 3.63) is 102 Å². The molecular formula is C35H37N5O5. The highest BCUT2D eigenvalue weighted by atomic mass is 16.5. The van der Waals surface area contributed by atoms with Crippen LogP contribution in [0.5, 0.6) is 5.75 Å².